The summed E-state index contributed by atoms with van der Waals surface area (Å²) in [6.07, 6.45) is 8.05. The van der Waals surface area contributed by atoms with Gasteiger partial charge in [0, 0.05) is 43.1 Å². The van der Waals surface area contributed by atoms with Crippen molar-refractivity contribution in [2.24, 2.45) is 7.05 Å². The van der Waals surface area contributed by atoms with Gasteiger partial charge in [0.2, 0.25) is 0 Å². The van der Waals surface area contributed by atoms with Crippen molar-refractivity contribution in [3.8, 4) is 0 Å². The molecule has 2 aliphatic rings. The molecule has 1 N–H and O–H groups in total. The first-order valence-electron chi connectivity index (χ1n) is 8.39. The topological polar surface area (TPSA) is 50.2 Å². The van der Waals surface area contributed by atoms with Crippen LogP contribution in [0.5, 0.6) is 0 Å². The van der Waals surface area contributed by atoms with Crippen molar-refractivity contribution in [2.75, 3.05) is 18.4 Å². The molecule has 0 spiro atoms. The molecular weight excluding hydrogens is 359 g/mol. The fourth-order valence-corrected chi connectivity index (χ4v) is 3.83. The standard InChI is InChI=1S/C18H22N4O.2ClH/c1-21-12-13(11-20-21)17-8-4-10-22(17)18(23)15-5-2-7-16-14(15)6-3-9-19-16;;/h2,5,7,11-12,17,19H,3-4,6,8-10H2,1H3;2*1H. The van der Waals surface area contributed by atoms with Crippen LogP contribution in [0.1, 0.15) is 46.8 Å². The van der Waals surface area contributed by atoms with Crippen molar-refractivity contribution in [1.29, 1.82) is 0 Å². The molecule has 7 heteroatoms. The molecule has 1 atom stereocenters. The smallest absolute Gasteiger partial charge is 0.254 e. The molecule has 1 unspecified atom stereocenters. The molecule has 0 bridgehead atoms. The number of carbonyl (C=O) groups excluding carboxylic acids is 1. The number of halogens is 2. The van der Waals surface area contributed by atoms with Gasteiger partial charge in [0.1, 0.15) is 0 Å². The first-order chi connectivity index (χ1) is 11.2. The van der Waals surface area contributed by atoms with Crippen molar-refractivity contribution < 1.29 is 4.79 Å². The van der Waals surface area contributed by atoms with Crippen LogP contribution in [-0.4, -0.2) is 33.7 Å². The second-order valence-corrected chi connectivity index (χ2v) is 6.47. The Morgan fingerprint density at radius 1 is 1.28 bits per heavy atom. The van der Waals surface area contributed by atoms with E-state index in [2.05, 4.69) is 16.5 Å². The van der Waals surface area contributed by atoms with E-state index in [1.165, 1.54) is 5.56 Å². The number of nitrogens with one attached hydrogen (secondary N) is 1. The number of amides is 1. The molecule has 1 saturated heterocycles. The van der Waals surface area contributed by atoms with Crippen molar-refractivity contribution in [1.82, 2.24) is 14.7 Å². The molecular formula is C18H24Cl2N4O. The van der Waals surface area contributed by atoms with E-state index >= 15 is 0 Å². The maximum Gasteiger partial charge on any atom is 0.254 e. The molecule has 4 rings (SSSR count). The summed E-state index contributed by atoms with van der Waals surface area (Å²) in [6, 6.07) is 6.20. The molecule has 136 valence electrons. The summed E-state index contributed by atoms with van der Waals surface area (Å²) in [5.74, 6) is 0.164. The number of benzene rings is 1. The van der Waals surface area contributed by atoms with Crippen LogP contribution in [0.15, 0.2) is 30.6 Å². The molecule has 1 aromatic carbocycles. The number of hydrogen-bond donors (Lipinski definition) is 1. The monoisotopic (exact) mass is 382 g/mol. The lowest BCUT2D eigenvalue weighted by atomic mass is 9.96. The quantitative estimate of drug-likeness (QED) is 0.862. The highest BCUT2D eigenvalue weighted by Crippen LogP contribution is 2.34. The maximum absolute atomic E-state index is 13.2. The first-order valence-corrected chi connectivity index (χ1v) is 8.39. The summed E-state index contributed by atoms with van der Waals surface area (Å²) in [5, 5.41) is 7.68. The Balaban J connectivity index is 0.00000113. The first kappa shape index (κ1) is 19.6. The third kappa shape index (κ3) is 3.62. The van der Waals surface area contributed by atoms with Gasteiger partial charge in [-0.3, -0.25) is 9.48 Å². The average molecular weight is 383 g/mol. The van der Waals surface area contributed by atoms with Crippen molar-refractivity contribution in [2.45, 2.75) is 31.7 Å². The zero-order valence-electron chi connectivity index (χ0n) is 14.3. The highest BCUT2D eigenvalue weighted by molar-refractivity contribution is 5.97. The van der Waals surface area contributed by atoms with Crippen LogP contribution in [0.4, 0.5) is 5.69 Å². The van der Waals surface area contributed by atoms with E-state index in [1.807, 2.05) is 41.2 Å². The van der Waals surface area contributed by atoms with Crippen LogP contribution in [0, 0.1) is 0 Å². The van der Waals surface area contributed by atoms with Crippen molar-refractivity contribution in [3.63, 3.8) is 0 Å². The molecule has 2 aliphatic heterocycles. The van der Waals surface area contributed by atoms with Gasteiger partial charge in [0.25, 0.3) is 5.91 Å². The minimum absolute atomic E-state index is 0. The predicted octanol–water partition coefficient (Wildman–Crippen LogP) is 3.60. The number of hydrogen-bond acceptors (Lipinski definition) is 3. The Bertz CT molecular complexity index is 746. The van der Waals surface area contributed by atoms with Crippen LogP contribution < -0.4 is 5.32 Å². The molecule has 1 amide bonds. The van der Waals surface area contributed by atoms with Gasteiger partial charge in [-0.15, -0.1) is 24.8 Å². The SMILES string of the molecule is Cl.Cl.Cn1cc(C2CCCN2C(=O)c2cccc3c2CCCN3)cn1. The molecule has 0 aliphatic carbocycles. The summed E-state index contributed by atoms with van der Waals surface area (Å²) in [5.41, 5.74) is 4.31. The summed E-state index contributed by atoms with van der Waals surface area (Å²) in [6.45, 7) is 1.82. The second kappa shape index (κ2) is 8.11. The number of rotatable bonds is 2. The van der Waals surface area contributed by atoms with Gasteiger partial charge in [-0.25, -0.2) is 0 Å². The fraction of sp³-hybridized carbons (Fsp3) is 0.444. The number of carbonyl (C=O) groups is 1. The number of anilines is 1. The molecule has 1 fully saturated rings. The van der Waals surface area contributed by atoms with E-state index in [-0.39, 0.29) is 36.8 Å². The number of likely N-dealkylation sites (tertiary alicyclic amines) is 1. The van der Waals surface area contributed by atoms with E-state index < -0.39 is 0 Å². The van der Waals surface area contributed by atoms with Crippen molar-refractivity contribution in [3.05, 3.63) is 47.3 Å². The largest absolute Gasteiger partial charge is 0.385 e. The lowest BCUT2D eigenvalue weighted by Crippen LogP contribution is -2.31. The highest BCUT2D eigenvalue weighted by Gasteiger charge is 2.32. The van der Waals surface area contributed by atoms with E-state index in [1.54, 1.807) is 0 Å². The highest BCUT2D eigenvalue weighted by atomic mass is 35.5. The molecule has 5 nitrogen and oxygen atoms in total. The Labute approximate surface area is 160 Å². The van der Waals surface area contributed by atoms with Gasteiger partial charge in [-0.2, -0.15) is 5.10 Å². The zero-order valence-corrected chi connectivity index (χ0v) is 15.9. The number of fused-ring (bicyclic) bond motifs is 1. The minimum Gasteiger partial charge on any atom is -0.385 e. The molecule has 1 aromatic heterocycles. The second-order valence-electron chi connectivity index (χ2n) is 6.47. The zero-order chi connectivity index (χ0) is 15.8. The van der Waals surface area contributed by atoms with Gasteiger partial charge in [-0.1, -0.05) is 6.07 Å². The van der Waals surface area contributed by atoms with Gasteiger partial charge in [-0.05, 0) is 43.4 Å². The summed E-state index contributed by atoms with van der Waals surface area (Å²) >= 11 is 0. The molecule has 0 radical (unpaired) electrons. The van der Waals surface area contributed by atoms with E-state index in [0.29, 0.717) is 0 Å². The predicted molar refractivity (Wildman–Crippen MR) is 104 cm³/mol. The van der Waals surface area contributed by atoms with E-state index in [0.717, 1.165) is 55.6 Å². The summed E-state index contributed by atoms with van der Waals surface area (Å²) < 4.78 is 1.81. The maximum atomic E-state index is 13.2. The summed E-state index contributed by atoms with van der Waals surface area (Å²) in [4.78, 5) is 15.2. The number of aromatic nitrogens is 2. The third-order valence-corrected chi connectivity index (χ3v) is 4.95. The number of nitrogens with zero attached hydrogens (tertiary/aromatic N) is 3. The molecule has 2 aromatic rings. The van der Waals surface area contributed by atoms with Crippen LogP contribution in [0.2, 0.25) is 0 Å². The van der Waals surface area contributed by atoms with Gasteiger partial charge >= 0.3 is 0 Å². The van der Waals surface area contributed by atoms with Crippen LogP contribution in [0.3, 0.4) is 0 Å². The third-order valence-electron chi connectivity index (χ3n) is 4.95. The van der Waals surface area contributed by atoms with Crippen molar-refractivity contribution >= 4 is 36.4 Å². The Morgan fingerprint density at radius 2 is 2.12 bits per heavy atom. The molecule has 0 saturated carbocycles. The van der Waals surface area contributed by atoms with Gasteiger partial charge in [0.05, 0.1) is 12.2 Å². The molecule has 25 heavy (non-hydrogen) atoms. The van der Waals surface area contributed by atoms with Gasteiger partial charge < -0.3 is 10.2 Å². The lowest BCUT2D eigenvalue weighted by Gasteiger charge is -2.27. The Hall–Kier alpha value is -1.72. The Kier molecular flexibility index (Phi) is 6.36. The van der Waals surface area contributed by atoms with Gasteiger partial charge in [0.15, 0.2) is 0 Å². The van der Waals surface area contributed by atoms with Crippen LogP contribution in [0.25, 0.3) is 0 Å². The van der Waals surface area contributed by atoms with Crippen LogP contribution in [-0.2, 0) is 13.5 Å². The normalized spacial score (nSPS) is 18.6. The number of aryl methyl sites for hydroxylation is 1. The summed E-state index contributed by atoms with van der Waals surface area (Å²) in [7, 11) is 1.92. The average Bonchev–Trinajstić information content (AvgIpc) is 3.22. The fourth-order valence-electron chi connectivity index (χ4n) is 3.83. The minimum atomic E-state index is 0. The Morgan fingerprint density at radius 3 is 2.88 bits per heavy atom. The van der Waals surface area contributed by atoms with E-state index in [9.17, 15) is 4.79 Å². The van der Waals surface area contributed by atoms with Crippen LogP contribution >= 0.6 is 24.8 Å². The van der Waals surface area contributed by atoms with E-state index in [4.69, 9.17) is 0 Å². The lowest BCUT2D eigenvalue weighted by molar-refractivity contribution is 0.0734. The molecule has 3 heterocycles.